The zero-order chi connectivity index (χ0) is 11.8. The highest BCUT2D eigenvalue weighted by Gasteiger charge is 2.56. The predicted molar refractivity (Wildman–Crippen MR) is 41.5 cm³/mol. The normalized spacial score (nSPS) is 43.0. The average molecular weight is 231 g/mol. The van der Waals surface area contributed by atoms with Crippen LogP contribution in [0.15, 0.2) is 0 Å². The van der Waals surface area contributed by atoms with Crippen LogP contribution in [0.2, 0.25) is 0 Å². The lowest BCUT2D eigenvalue weighted by Crippen LogP contribution is -2.60. The molecule has 15 heavy (non-hydrogen) atoms. The van der Waals surface area contributed by atoms with E-state index in [0.717, 1.165) is 0 Å². The minimum Gasteiger partial charge on any atom is -0.389 e. The maximum absolute atomic E-state index is 12.3. The van der Waals surface area contributed by atoms with Crippen molar-refractivity contribution in [3.05, 3.63) is 0 Å². The van der Waals surface area contributed by atoms with E-state index in [1.54, 1.807) is 0 Å². The smallest absolute Gasteiger partial charge is 0.389 e. The summed E-state index contributed by atoms with van der Waals surface area (Å²) in [5, 5.41) is 27.4. The summed E-state index contributed by atoms with van der Waals surface area (Å²) in [6, 6.07) is 0. The average Bonchev–Trinajstić information content (AvgIpc) is 2.09. The maximum Gasteiger partial charge on any atom is 0.399 e. The SMILES string of the molecule is NC[C@H]1OC(O)[C@H](C(F)(F)F)[C@@H](O)[C@H]1O. The number of hydrogen-bond acceptors (Lipinski definition) is 5. The van der Waals surface area contributed by atoms with Crippen molar-refractivity contribution in [1.29, 1.82) is 0 Å². The number of halogens is 3. The van der Waals surface area contributed by atoms with Crippen LogP contribution >= 0.6 is 0 Å². The van der Waals surface area contributed by atoms with Crippen molar-refractivity contribution in [2.24, 2.45) is 11.7 Å². The summed E-state index contributed by atoms with van der Waals surface area (Å²) in [6.07, 6.45) is -12.2. The van der Waals surface area contributed by atoms with Crippen molar-refractivity contribution in [2.75, 3.05) is 6.54 Å². The van der Waals surface area contributed by atoms with E-state index >= 15 is 0 Å². The van der Waals surface area contributed by atoms with Crippen LogP contribution in [0.25, 0.3) is 0 Å². The largest absolute Gasteiger partial charge is 0.399 e. The van der Waals surface area contributed by atoms with Crippen LogP contribution in [0.5, 0.6) is 0 Å². The summed E-state index contributed by atoms with van der Waals surface area (Å²) in [4.78, 5) is 0. The third kappa shape index (κ3) is 2.40. The number of aliphatic hydroxyl groups is 3. The highest BCUT2D eigenvalue weighted by Crippen LogP contribution is 2.37. The minimum absolute atomic E-state index is 0.292. The van der Waals surface area contributed by atoms with Gasteiger partial charge in [-0.2, -0.15) is 13.2 Å². The molecule has 1 aliphatic rings. The van der Waals surface area contributed by atoms with Crippen molar-refractivity contribution in [2.45, 2.75) is 30.8 Å². The van der Waals surface area contributed by atoms with E-state index in [1.807, 2.05) is 0 Å². The van der Waals surface area contributed by atoms with Gasteiger partial charge in [0.25, 0.3) is 0 Å². The molecular weight excluding hydrogens is 219 g/mol. The molecule has 0 aromatic rings. The Hall–Kier alpha value is -0.410. The third-order valence-corrected chi connectivity index (χ3v) is 2.33. The number of nitrogens with two attached hydrogens (primary N) is 1. The molecule has 0 aromatic heterocycles. The summed E-state index contributed by atoms with van der Waals surface area (Å²) < 4.78 is 41.4. The van der Waals surface area contributed by atoms with E-state index in [2.05, 4.69) is 4.74 Å². The van der Waals surface area contributed by atoms with Gasteiger partial charge in [0, 0.05) is 6.54 Å². The van der Waals surface area contributed by atoms with Crippen LogP contribution in [0, 0.1) is 5.92 Å². The molecule has 1 fully saturated rings. The molecule has 0 aliphatic carbocycles. The first-order valence-corrected chi connectivity index (χ1v) is 4.25. The molecule has 90 valence electrons. The van der Waals surface area contributed by atoms with Gasteiger partial charge < -0.3 is 25.8 Å². The van der Waals surface area contributed by atoms with Gasteiger partial charge in [-0.15, -0.1) is 0 Å². The summed E-state index contributed by atoms with van der Waals surface area (Å²) >= 11 is 0. The standard InChI is InChI=1S/C7H12F3NO4/c8-7(9,10)3-5(13)4(12)2(1-11)15-6(3)14/h2-6,12-14H,1,11H2/t2-,3-,4+,5-,6?/m1/s1. The van der Waals surface area contributed by atoms with Gasteiger partial charge in [-0.05, 0) is 0 Å². The van der Waals surface area contributed by atoms with Crippen LogP contribution < -0.4 is 5.73 Å². The number of hydrogen-bond donors (Lipinski definition) is 4. The molecule has 0 radical (unpaired) electrons. The molecule has 1 unspecified atom stereocenters. The third-order valence-electron chi connectivity index (χ3n) is 2.33. The number of rotatable bonds is 1. The van der Waals surface area contributed by atoms with Crippen LogP contribution in [0.1, 0.15) is 0 Å². The second-order valence-corrected chi connectivity index (χ2v) is 3.35. The molecular formula is C7H12F3NO4. The first-order chi connectivity index (χ1) is 6.79. The summed E-state index contributed by atoms with van der Waals surface area (Å²) in [6.45, 7) is -0.292. The van der Waals surface area contributed by atoms with E-state index in [1.165, 1.54) is 0 Å². The monoisotopic (exact) mass is 231 g/mol. The molecule has 1 saturated heterocycles. The Morgan fingerprint density at radius 2 is 1.67 bits per heavy atom. The van der Waals surface area contributed by atoms with Gasteiger partial charge >= 0.3 is 6.18 Å². The molecule has 1 rings (SSSR count). The molecule has 0 spiro atoms. The van der Waals surface area contributed by atoms with Crippen LogP contribution in [0.3, 0.4) is 0 Å². The molecule has 5 nitrogen and oxygen atoms in total. The molecule has 5 N–H and O–H groups in total. The fourth-order valence-corrected chi connectivity index (χ4v) is 1.50. The van der Waals surface area contributed by atoms with Gasteiger partial charge in [-0.25, -0.2) is 0 Å². The second-order valence-electron chi connectivity index (χ2n) is 3.35. The van der Waals surface area contributed by atoms with Crippen molar-refractivity contribution in [3.8, 4) is 0 Å². The Balaban J connectivity index is 2.84. The Morgan fingerprint density at radius 1 is 1.13 bits per heavy atom. The lowest BCUT2D eigenvalue weighted by atomic mass is 9.90. The lowest BCUT2D eigenvalue weighted by Gasteiger charge is -2.40. The van der Waals surface area contributed by atoms with Gasteiger partial charge in [0.2, 0.25) is 0 Å². The Labute approximate surface area is 83.3 Å². The molecule has 0 saturated carbocycles. The number of alkyl halides is 3. The molecule has 1 aliphatic heterocycles. The lowest BCUT2D eigenvalue weighted by molar-refractivity contribution is -0.330. The van der Waals surface area contributed by atoms with Crippen LogP contribution in [-0.4, -0.2) is 52.6 Å². The minimum atomic E-state index is -4.85. The van der Waals surface area contributed by atoms with E-state index < -0.39 is 36.7 Å². The van der Waals surface area contributed by atoms with Crippen LogP contribution in [0.4, 0.5) is 13.2 Å². The van der Waals surface area contributed by atoms with Gasteiger partial charge in [0.1, 0.15) is 18.1 Å². The van der Waals surface area contributed by atoms with Crippen molar-refractivity contribution < 1.29 is 33.2 Å². The fraction of sp³-hybridized carbons (Fsp3) is 1.00. The van der Waals surface area contributed by atoms with Crippen molar-refractivity contribution >= 4 is 0 Å². The number of ether oxygens (including phenoxy) is 1. The van der Waals surface area contributed by atoms with Crippen LogP contribution in [-0.2, 0) is 4.74 Å². The molecule has 8 heteroatoms. The highest BCUT2D eigenvalue weighted by molar-refractivity contribution is 4.92. The van der Waals surface area contributed by atoms with Gasteiger partial charge in [0.15, 0.2) is 6.29 Å². The van der Waals surface area contributed by atoms with Gasteiger partial charge in [-0.1, -0.05) is 0 Å². The zero-order valence-corrected chi connectivity index (χ0v) is 7.55. The Bertz CT molecular complexity index is 225. The quantitative estimate of drug-likeness (QED) is 0.443. The maximum atomic E-state index is 12.3. The molecule has 0 bridgehead atoms. The molecule has 0 aromatic carbocycles. The van der Waals surface area contributed by atoms with E-state index in [4.69, 9.17) is 10.8 Å². The molecule has 5 atom stereocenters. The second kappa shape index (κ2) is 4.22. The van der Waals surface area contributed by atoms with Crippen molar-refractivity contribution in [3.63, 3.8) is 0 Å². The first kappa shape index (κ1) is 12.7. The van der Waals surface area contributed by atoms with E-state index in [-0.39, 0.29) is 6.54 Å². The van der Waals surface area contributed by atoms with Gasteiger partial charge in [0.05, 0.1) is 6.10 Å². The zero-order valence-electron chi connectivity index (χ0n) is 7.55. The topological polar surface area (TPSA) is 95.9 Å². The highest BCUT2D eigenvalue weighted by atomic mass is 19.4. The Morgan fingerprint density at radius 3 is 2.07 bits per heavy atom. The van der Waals surface area contributed by atoms with E-state index in [0.29, 0.717) is 0 Å². The van der Waals surface area contributed by atoms with Crippen molar-refractivity contribution in [1.82, 2.24) is 0 Å². The molecule has 0 amide bonds. The summed E-state index contributed by atoms with van der Waals surface area (Å²) in [7, 11) is 0. The predicted octanol–water partition coefficient (Wildman–Crippen LogP) is -1.44. The fourth-order valence-electron chi connectivity index (χ4n) is 1.50. The van der Waals surface area contributed by atoms with E-state index in [9.17, 15) is 23.4 Å². The number of aliphatic hydroxyl groups excluding tert-OH is 3. The molecule has 1 heterocycles. The first-order valence-electron chi connectivity index (χ1n) is 4.25. The summed E-state index contributed by atoms with van der Waals surface area (Å²) in [5.74, 6) is -2.52. The summed E-state index contributed by atoms with van der Waals surface area (Å²) in [5.41, 5.74) is 5.08. The van der Waals surface area contributed by atoms with Gasteiger partial charge in [-0.3, -0.25) is 0 Å². The Kier molecular flexibility index (Phi) is 3.56.